The Morgan fingerprint density at radius 3 is 2.21 bits per heavy atom. The Morgan fingerprint density at radius 2 is 1.58 bits per heavy atom. The minimum Gasteiger partial charge on any atom is -0.497 e. The van der Waals surface area contributed by atoms with Crippen LogP contribution in [0.5, 0.6) is 5.75 Å². The predicted molar refractivity (Wildman–Crippen MR) is 97.4 cm³/mol. The minimum atomic E-state index is -0.122. The maximum absolute atomic E-state index is 13.1. The lowest BCUT2D eigenvalue weighted by Crippen LogP contribution is -2.25. The molecule has 0 aliphatic rings. The van der Waals surface area contributed by atoms with Crippen LogP contribution in [0, 0.1) is 0 Å². The molecule has 0 aliphatic heterocycles. The third-order valence-electron chi connectivity index (χ3n) is 3.62. The van der Waals surface area contributed by atoms with Crippen molar-refractivity contribution in [3.63, 3.8) is 0 Å². The van der Waals surface area contributed by atoms with E-state index in [1.807, 2.05) is 54.6 Å². The predicted octanol–water partition coefficient (Wildman–Crippen LogP) is 5.33. The molecule has 0 N–H and O–H groups in total. The van der Waals surface area contributed by atoms with Gasteiger partial charge in [-0.2, -0.15) is 0 Å². The highest BCUT2D eigenvalue weighted by Gasteiger charge is 2.20. The highest BCUT2D eigenvalue weighted by atomic mass is 35.5. The molecular weight excluding hydrogens is 322 g/mol. The van der Waals surface area contributed by atoms with Crippen LogP contribution in [0.4, 0.5) is 11.4 Å². The van der Waals surface area contributed by atoms with E-state index in [2.05, 4.69) is 0 Å². The van der Waals surface area contributed by atoms with Crippen LogP contribution >= 0.6 is 11.6 Å². The van der Waals surface area contributed by atoms with Crippen molar-refractivity contribution in [2.24, 2.45) is 0 Å². The second kappa shape index (κ2) is 7.20. The lowest BCUT2D eigenvalue weighted by Gasteiger charge is -2.23. The summed E-state index contributed by atoms with van der Waals surface area (Å²) in [6.45, 7) is 0. The summed E-state index contributed by atoms with van der Waals surface area (Å²) in [6, 6.07) is 23.7. The first kappa shape index (κ1) is 16.1. The molecule has 3 aromatic rings. The van der Waals surface area contributed by atoms with Gasteiger partial charge in [0.1, 0.15) is 5.75 Å². The molecule has 3 nitrogen and oxygen atoms in total. The zero-order valence-corrected chi connectivity index (χ0v) is 13.9. The summed E-state index contributed by atoms with van der Waals surface area (Å²) in [6.07, 6.45) is 0. The zero-order valence-electron chi connectivity index (χ0n) is 13.1. The van der Waals surface area contributed by atoms with E-state index in [0.29, 0.717) is 16.3 Å². The number of benzene rings is 3. The number of hydrogen-bond donors (Lipinski definition) is 0. The zero-order chi connectivity index (χ0) is 16.9. The van der Waals surface area contributed by atoms with Crippen LogP contribution in [0.2, 0.25) is 5.02 Å². The molecule has 0 bridgehead atoms. The summed E-state index contributed by atoms with van der Waals surface area (Å²) >= 11 is 6.12. The van der Waals surface area contributed by atoms with E-state index in [4.69, 9.17) is 16.3 Å². The second-order valence-corrected chi connectivity index (χ2v) is 5.62. The highest BCUT2D eigenvalue weighted by Crippen LogP contribution is 2.30. The maximum atomic E-state index is 13.1. The molecule has 0 aliphatic carbocycles. The molecule has 3 aromatic carbocycles. The number of ether oxygens (including phenoxy) is 1. The van der Waals surface area contributed by atoms with Crippen LogP contribution < -0.4 is 9.64 Å². The van der Waals surface area contributed by atoms with Gasteiger partial charge in [-0.1, -0.05) is 35.9 Å². The molecule has 3 rings (SSSR count). The first-order chi connectivity index (χ1) is 11.7. The second-order valence-electron chi connectivity index (χ2n) is 5.18. The van der Waals surface area contributed by atoms with Gasteiger partial charge >= 0.3 is 0 Å². The van der Waals surface area contributed by atoms with E-state index in [1.54, 1.807) is 36.3 Å². The van der Waals surface area contributed by atoms with Crippen molar-refractivity contribution in [3.8, 4) is 5.75 Å². The molecule has 24 heavy (non-hydrogen) atoms. The fourth-order valence-electron chi connectivity index (χ4n) is 2.44. The molecule has 0 atom stereocenters. The lowest BCUT2D eigenvalue weighted by atomic mass is 10.1. The third kappa shape index (κ3) is 3.42. The van der Waals surface area contributed by atoms with E-state index in [-0.39, 0.29) is 5.91 Å². The van der Waals surface area contributed by atoms with Crippen LogP contribution in [-0.4, -0.2) is 13.0 Å². The van der Waals surface area contributed by atoms with Gasteiger partial charge in [0.05, 0.1) is 12.8 Å². The van der Waals surface area contributed by atoms with Gasteiger partial charge in [-0.3, -0.25) is 9.69 Å². The molecule has 4 heteroatoms. The van der Waals surface area contributed by atoms with Gasteiger partial charge in [0.2, 0.25) is 0 Å². The van der Waals surface area contributed by atoms with Crippen LogP contribution in [-0.2, 0) is 0 Å². The van der Waals surface area contributed by atoms with Crippen molar-refractivity contribution in [3.05, 3.63) is 89.4 Å². The Morgan fingerprint density at radius 1 is 0.875 bits per heavy atom. The van der Waals surface area contributed by atoms with E-state index in [1.165, 1.54) is 0 Å². The van der Waals surface area contributed by atoms with Crippen molar-refractivity contribution in [2.75, 3.05) is 12.0 Å². The van der Waals surface area contributed by atoms with Crippen molar-refractivity contribution in [1.82, 2.24) is 0 Å². The standard InChI is InChI=1S/C20H16ClNO2/c1-24-19-12-10-17(11-13-19)22(18-9-5-8-16(21)14-18)20(23)15-6-3-2-4-7-15/h2-14H,1H3. The van der Waals surface area contributed by atoms with E-state index in [0.717, 1.165) is 11.4 Å². The van der Waals surface area contributed by atoms with Crippen LogP contribution in [0.25, 0.3) is 0 Å². The number of hydrogen-bond acceptors (Lipinski definition) is 2. The molecule has 1 amide bonds. The number of anilines is 2. The Hall–Kier alpha value is -2.78. The molecule has 0 unspecified atom stereocenters. The van der Waals surface area contributed by atoms with Crippen molar-refractivity contribution in [1.29, 1.82) is 0 Å². The molecule has 0 aromatic heterocycles. The average Bonchev–Trinajstić information content (AvgIpc) is 2.63. The highest BCUT2D eigenvalue weighted by molar-refractivity contribution is 6.31. The van der Waals surface area contributed by atoms with E-state index < -0.39 is 0 Å². The first-order valence-electron chi connectivity index (χ1n) is 7.48. The molecule has 0 saturated heterocycles. The normalized spacial score (nSPS) is 10.2. The molecule has 0 spiro atoms. The molecule has 0 heterocycles. The number of halogens is 1. The molecular formula is C20H16ClNO2. The molecule has 0 saturated carbocycles. The van der Waals surface area contributed by atoms with Gasteiger partial charge in [-0.25, -0.2) is 0 Å². The maximum Gasteiger partial charge on any atom is 0.262 e. The first-order valence-corrected chi connectivity index (χ1v) is 7.86. The number of carbonyl (C=O) groups excluding carboxylic acids is 1. The number of carbonyl (C=O) groups is 1. The fraction of sp³-hybridized carbons (Fsp3) is 0.0500. The molecule has 0 fully saturated rings. The molecule has 0 radical (unpaired) electrons. The smallest absolute Gasteiger partial charge is 0.262 e. The lowest BCUT2D eigenvalue weighted by molar-refractivity contribution is 0.0999. The summed E-state index contributed by atoms with van der Waals surface area (Å²) in [5.41, 5.74) is 2.06. The van der Waals surface area contributed by atoms with Crippen molar-refractivity contribution in [2.45, 2.75) is 0 Å². The van der Waals surface area contributed by atoms with Gasteiger partial charge in [0.25, 0.3) is 5.91 Å². The van der Waals surface area contributed by atoms with Crippen molar-refractivity contribution < 1.29 is 9.53 Å². The van der Waals surface area contributed by atoms with Gasteiger partial charge < -0.3 is 4.74 Å². The van der Waals surface area contributed by atoms with Crippen LogP contribution in [0.1, 0.15) is 10.4 Å². The quantitative estimate of drug-likeness (QED) is 0.644. The Bertz CT molecular complexity index is 832. The average molecular weight is 338 g/mol. The van der Waals surface area contributed by atoms with E-state index in [9.17, 15) is 4.79 Å². The Balaban J connectivity index is 2.08. The largest absolute Gasteiger partial charge is 0.497 e. The third-order valence-corrected chi connectivity index (χ3v) is 3.86. The monoisotopic (exact) mass is 337 g/mol. The number of amides is 1. The van der Waals surface area contributed by atoms with Crippen molar-refractivity contribution >= 4 is 28.9 Å². The molecule has 120 valence electrons. The van der Waals surface area contributed by atoms with Gasteiger partial charge in [-0.05, 0) is 54.6 Å². The van der Waals surface area contributed by atoms with Crippen LogP contribution in [0.3, 0.4) is 0 Å². The number of rotatable bonds is 4. The summed E-state index contributed by atoms with van der Waals surface area (Å²) in [5, 5.41) is 0.576. The summed E-state index contributed by atoms with van der Waals surface area (Å²) in [5.74, 6) is 0.611. The topological polar surface area (TPSA) is 29.5 Å². The SMILES string of the molecule is COc1ccc(N(C(=O)c2ccccc2)c2cccc(Cl)c2)cc1. The summed E-state index contributed by atoms with van der Waals surface area (Å²) in [7, 11) is 1.61. The Kier molecular flexibility index (Phi) is 4.82. The van der Waals surface area contributed by atoms with Crippen LogP contribution in [0.15, 0.2) is 78.9 Å². The summed E-state index contributed by atoms with van der Waals surface area (Å²) < 4.78 is 5.19. The van der Waals surface area contributed by atoms with E-state index >= 15 is 0 Å². The fourth-order valence-corrected chi connectivity index (χ4v) is 2.62. The van der Waals surface area contributed by atoms with Gasteiger partial charge in [0, 0.05) is 16.3 Å². The number of methoxy groups -OCH3 is 1. The van der Waals surface area contributed by atoms with Gasteiger partial charge in [-0.15, -0.1) is 0 Å². The Labute approximate surface area is 146 Å². The minimum absolute atomic E-state index is 0.122. The number of nitrogens with zero attached hydrogens (tertiary/aromatic N) is 1. The summed E-state index contributed by atoms with van der Waals surface area (Å²) in [4.78, 5) is 14.7. The van der Waals surface area contributed by atoms with Gasteiger partial charge in [0.15, 0.2) is 0 Å².